The number of rotatable bonds is 5. The van der Waals surface area contributed by atoms with Crippen LogP contribution >= 0.6 is 0 Å². The molecule has 2 rings (SSSR count). The molecule has 1 heterocycles. The first-order chi connectivity index (χ1) is 10.2. The molecule has 0 aromatic heterocycles. The Bertz CT molecular complexity index is 509. The average molecular weight is 303 g/mol. The Morgan fingerprint density at radius 1 is 1.09 bits per heavy atom. The molecule has 0 bridgehead atoms. The van der Waals surface area contributed by atoms with Gasteiger partial charge in [-0.2, -0.15) is 0 Å². The van der Waals surface area contributed by atoms with Crippen LogP contribution in [0.1, 0.15) is 46.1 Å². The minimum atomic E-state index is -0.316. The van der Waals surface area contributed by atoms with Gasteiger partial charge < -0.3 is 14.6 Å². The molecule has 0 radical (unpaired) electrons. The van der Waals surface area contributed by atoms with Crippen LogP contribution in [-0.2, 0) is 20.5 Å². The molecule has 1 aromatic carbocycles. The van der Waals surface area contributed by atoms with E-state index in [0.29, 0.717) is 6.42 Å². The van der Waals surface area contributed by atoms with Crippen molar-refractivity contribution in [1.82, 2.24) is 5.32 Å². The minimum Gasteiger partial charge on any atom is -0.399 e. The van der Waals surface area contributed by atoms with Crippen LogP contribution in [0.25, 0.3) is 0 Å². The van der Waals surface area contributed by atoms with E-state index in [4.69, 9.17) is 9.31 Å². The zero-order valence-electron chi connectivity index (χ0n) is 14.2. The summed E-state index contributed by atoms with van der Waals surface area (Å²) in [5.74, 6) is 0.0915. The molecule has 1 aromatic rings. The monoisotopic (exact) mass is 303 g/mol. The fraction of sp³-hybridized carbons (Fsp3) is 0.588. The van der Waals surface area contributed by atoms with Crippen molar-refractivity contribution in [3.05, 3.63) is 29.8 Å². The lowest BCUT2D eigenvalue weighted by Crippen LogP contribution is -2.41. The van der Waals surface area contributed by atoms with Crippen LogP contribution in [0.15, 0.2) is 24.3 Å². The molecule has 0 aliphatic carbocycles. The normalized spacial score (nSPS) is 19.2. The summed E-state index contributed by atoms with van der Waals surface area (Å²) in [6.45, 7) is 8.22. The fourth-order valence-electron chi connectivity index (χ4n) is 2.40. The molecule has 0 spiro atoms. The van der Waals surface area contributed by atoms with Gasteiger partial charge in [0.2, 0.25) is 5.91 Å². The lowest BCUT2D eigenvalue weighted by molar-refractivity contribution is -0.120. The summed E-state index contributed by atoms with van der Waals surface area (Å²) in [5, 5.41) is 2.64. The van der Waals surface area contributed by atoms with E-state index in [-0.39, 0.29) is 24.2 Å². The number of carbonyl (C=O) groups excluding carboxylic acids is 1. The summed E-state index contributed by atoms with van der Waals surface area (Å²) >= 11 is 0. The third-order valence-electron chi connectivity index (χ3n) is 4.65. The van der Waals surface area contributed by atoms with Gasteiger partial charge >= 0.3 is 7.12 Å². The predicted molar refractivity (Wildman–Crippen MR) is 89.2 cm³/mol. The number of carbonyl (C=O) groups is 1. The molecule has 4 nitrogen and oxygen atoms in total. The maximum absolute atomic E-state index is 11.2. The Morgan fingerprint density at radius 3 is 2.14 bits per heavy atom. The van der Waals surface area contributed by atoms with Crippen molar-refractivity contribution in [2.24, 2.45) is 0 Å². The van der Waals surface area contributed by atoms with E-state index in [0.717, 1.165) is 18.3 Å². The Labute approximate surface area is 133 Å². The summed E-state index contributed by atoms with van der Waals surface area (Å²) in [6, 6.07) is 8.28. The van der Waals surface area contributed by atoms with E-state index in [9.17, 15) is 4.79 Å². The van der Waals surface area contributed by atoms with Gasteiger partial charge in [0, 0.05) is 13.5 Å². The molecule has 22 heavy (non-hydrogen) atoms. The highest BCUT2D eigenvalue weighted by Crippen LogP contribution is 2.36. The van der Waals surface area contributed by atoms with Crippen LogP contribution in [0.5, 0.6) is 0 Å². The highest BCUT2D eigenvalue weighted by atomic mass is 16.7. The van der Waals surface area contributed by atoms with Crippen LogP contribution in [0.2, 0.25) is 0 Å². The molecule has 1 amide bonds. The third-order valence-corrected chi connectivity index (χ3v) is 4.65. The van der Waals surface area contributed by atoms with E-state index < -0.39 is 0 Å². The Kier molecular flexibility index (Phi) is 4.98. The number of amides is 1. The van der Waals surface area contributed by atoms with Crippen LogP contribution in [-0.4, -0.2) is 31.3 Å². The first-order valence-corrected chi connectivity index (χ1v) is 7.90. The molecular formula is C17H26BNO3. The van der Waals surface area contributed by atoms with Gasteiger partial charge in [0.05, 0.1) is 11.2 Å². The molecule has 1 saturated heterocycles. The SMILES string of the molecule is CNC(=O)CCCc1ccc(B2OC(C)(C)C(C)(C)O2)cc1. The molecule has 0 atom stereocenters. The second kappa shape index (κ2) is 6.43. The van der Waals surface area contributed by atoms with E-state index in [1.165, 1.54) is 5.56 Å². The van der Waals surface area contributed by atoms with Crippen molar-refractivity contribution in [3.8, 4) is 0 Å². The maximum Gasteiger partial charge on any atom is 0.494 e. The number of aryl methyl sites for hydroxylation is 1. The van der Waals surface area contributed by atoms with Crippen molar-refractivity contribution in [3.63, 3.8) is 0 Å². The third kappa shape index (κ3) is 3.71. The van der Waals surface area contributed by atoms with Gasteiger partial charge in [-0.05, 0) is 51.6 Å². The van der Waals surface area contributed by atoms with Gasteiger partial charge in [0.1, 0.15) is 0 Å². The smallest absolute Gasteiger partial charge is 0.399 e. The Balaban J connectivity index is 1.94. The molecule has 120 valence electrons. The highest BCUT2D eigenvalue weighted by Gasteiger charge is 2.51. The fourth-order valence-corrected chi connectivity index (χ4v) is 2.40. The quantitative estimate of drug-likeness (QED) is 0.847. The van der Waals surface area contributed by atoms with E-state index in [1.54, 1.807) is 7.05 Å². The van der Waals surface area contributed by atoms with Gasteiger partial charge in [0.25, 0.3) is 0 Å². The number of benzene rings is 1. The second-order valence-electron chi connectivity index (χ2n) is 6.86. The van der Waals surface area contributed by atoms with Crippen LogP contribution in [0.4, 0.5) is 0 Å². The maximum atomic E-state index is 11.2. The highest BCUT2D eigenvalue weighted by molar-refractivity contribution is 6.62. The molecular weight excluding hydrogens is 277 g/mol. The molecule has 1 aliphatic heterocycles. The Morgan fingerprint density at radius 2 is 1.64 bits per heavy atom. The summed E-state index contributed by atoms with van der Waals surface area (Å²) < 4.78 is 12.1. The number of hydrogen-bond acceptors (Lipinski definition) is 3. The Hall–Kier alpha value is -1.33. The largest absolute Gasteiger partial charge is 0.494 e. The first-order valence-electron chi connectivity index (χ1n) is 7.90. The molecule has 5 heteroatoms. The van der Waals surface area contributed by atoms with E-state index in [1.807, 2.05) is 0 Å². The lowest BCUT2D eigenvalue weighted by atomic mass is 9.78. The zero-order chi connectivity index (χ0) is 16.4. The van der Waals surface area contributed by atoms with Crippen molar-refractivity contribution in [2.45, 2.75) is 58.2 Å². The van der Waals surface area contributed by atoms with Crippen molar-refractivity contribution in [1.29, 1.82) is 0 Å². The van der Waals surface area contributed by atoms with Gasteiger partial charge in [-0.25, -0.2) is 0 Å². The first kappa shape index (κ1) is 17.0. The minimum absolute atomic E-state index is 0.0915. The molecule has 0 saturated carbocycles. The van der Waals surface area contributed by atoms with Crippen molar-refractivity contribution >= 4 is 18.5 Å². The van der Waals surface area contributed by atoms with Crippen LogP contribution in [0, 0.1) is 0 Å². The number of nitrogens with one attached hydrogen (secondary N) is 1. The van der Waals surface area contributed by atoms with Crippen LogP contribution < -0.4 is 10.8 Å². The van der Waals surface area contributed by atoms with Gasteiger partial charge in [-0.1, -0.05) is 24.3 Å². The van der Waals surface area contributed by atoms with Gasteiger partial charge in [0.15, 0.2) is 0 Å². The topological polar surface area (TPSA) is 47.6 Å². The lowest BCUT2D eigenvalue weighted by Gasteiger charge is -2.32. The van der Waals surface area contributed by atoms with Crippen LogP contribution in [0.3, 0.4) is 0 Å². The molecule has 1 aliphatic rings. The molecule has 1 N–H and O–H groups in total. The van der Waals surface area contributed by atoms with Gasteiger partial charge in [-0.3, -0.25) is 4.79 Å². The van der Waals surface area contributed by atoms with E-state index >= 15 is 0 Å². The molecule has 0 unspecified atom stereocenters. The van der Waals surface area contributed by atoms with Crippen molar-refractivity contribution < 1.29 is 14.1 Å². The number of hydrogen-bond donors (Lipinski definition) is 1. The summed E-state index contributed by atoms with van der Waals surface area (Å²) in [6.07, 6.45) is 2.32. The summed E-state index contributed by atoms with van der Waals surface area (Å²) in [4.78, 5) is 11.2. The van der Waals surface area contributed by atoms with Gasteiger partial charge in [-0.15, -0.1) is 0 Å². The average Bonchev–Trinajstić information content (AvgIpc) is 2.68. The standard InChI is InChI=1S/C17H26BNO3/c1-16(2)17(3,4)22-18(21-16)14-11-9-13(10-12-14)7-6-8-15(20)19-5/h9-12H,6-8H2,1-5H3,(H,19,20). The van der Waals surface area contributed by atoms with E-state index in [2.05, 4.69) is 57.3 Å². The molecule has 1 fully saturated rings. The zero-order valence-corrected chi connectivity index (χ0v) is 14.2. The summed E-state index contributed by atoms with van der Waals surface area (Å²) in [7, 11) is 1.35. The predicted octanol–water partition coefficient (Wildman–Crippen LogP) is 2.05. The summed E-state index contributed by atoms with van der Waals surface area (Å²) in [5.41, 5.74) is 1.63. The second-order valence-corrected chi connectivity index (χ2v) is 6.86. The van der Waals surface area contributed by atoms with Crippen molar-refractivity contribution in [2.75, 3.05) is 7.05 Å².